The Bertz CT molecular complexity index is 2430. The summed E-state index contributed by atoms with van der Waals surface area (Å²) in [7, 11) is 0. The summed E-state index contributed by atoms with van der Waals surface area (Å²) in [6, 6.07) is 48.1. The standard InChI is InChI=1S/C43H34N4/c1-4-47-40-12-8-7-11-39(40)46-42(47)30-19-15-28(16-20-30)32-22-24-34-33-23-21-31(25-35(33)43(2,3)36(34)26-32)27-13-17-29(18-14-27)41-44-37-9-5-6-10-38(37)45-41/h5-26H,4H2,1-3H3,(H,44,45). The van der Waals surface area contributed by atoms with Crippen LogP contribution in [0.15, 0.2) is 133 Å². The molecule has 0 unspecified atom stereocenters. The largest absolute Gasteiger partial charge is 0.338 e. The number of aryl methyl sites for hydroxylation is 1. The van der Waals surface area contributed by atoms with Gasteiger partial charge in [-0.25, -0.2) is 9.97 Å². The minimum Gasteiger partial charge on any atom is -0.338 e. The summed E-state index contributed by atoms with van der Waals surface area (Å²) < 4.78 is 2.29. The predicted molar refractivity (Wildman–Crippen MR) is 194 cm³/mol. The second-order valence-corrected chi connectivity index (χ2v) is 13.1. The summed E-state index contributed by atoms with van der Waals surface area (Å²) in [6.07, 6.45) is 0. The molecule has 0 atom stereocenters. The number of nitrogens with one attached hydrogen (secondary N) is 1. The maximum atomic E-state index is 4.96. The molecule has 2 heterocycles. The summed E-state index contributed by atoms with van der Waals surface area (Å²) in [4.78, 5) is 13.2. The van der Waals surface area contributed by atoms with Gasteiger partial charge in [0, 0.05) is 23.1 Å². The fraction of sp³-hybridized carbons (Fsp3) is 0.116. The number of aromatic amines is 1. The zero-order chi connectivity index (χ0) is 31.7. The number of imidazole rings is 2. The van der Waals surface area contributed by atoms with Crippen LogP contribution in [0.4, 0.5) is 0 Å². The number of fused-ring (bicyclic) bond motifs is 5. The topological polar surface area (TPSA) is 46.5 Å². The van der Waals surface area contributed by atoms with Crippen molar-refractivity contribution in [2.75, 3.05) is 0 Å². The van der Waals surface area contributed by atoms with Crippen LogP contribution in [0.2, 0.25) is 0 Å². The Morgan fingerprint density at radius 1 is 0.553 bits per heavy atom. The van der Waals surface area contributed by atoms with Gasteiger partial charge in [-0.1, -0.05) is 111 Å². The molecule has 0 radical (unpaired) electrons. The van der Waals surface area contributed by atoms with Gasteiger partial charge in [-0.2, -0.15) is 0 Å². The molecule has 1 aliphatic carbocycles. The smallest absolute Gasteiger partial charge is 0.141 e. The van der Waals surface area contributed by atoms with Crippen LogP contribution in [-0.4, -0.2) is 19.5 Å². The van der Waals surface area contributed by atoms with Crippen molar-refractivity contribution in [1.82, 2.24) is 19.5 Å². The Labute approximate surface area is 274 Å². The molecule has 0 bridgehead atoms. The highest BCUT2D eigenvalue weighted by Gasteiger charge is 2.35. The van der Waals surface area contributed by atoms with Crippen LogP contribution in [0.3, 0.4) is 0 Å². The molecular formula is C43H34N4. The van der Waals surface area contributed by atoms with Crippen molar-refractivity contribution in [2.24, 2.45) is 0 Å². The van der Waals surface area contributed by atoms with E-state index in [1.807, 2.05) is 18.2 Å². The zero-order valence-electron chi connectivity index (χ0n) is 26.8. The van der Waals surface area contributed by atoms with Gasteiger partial charge in [0.05, 0.1) is 22.1 Å². The quantitative estimate of drug-likeness (QED) is 0.212. The second-order valence-electron chi connectivity index (χ2n) is 13.1. The third-order valence-electron chi connectivity index (χ3n) is 10.0. The maximum absolute atomic E-state index is 4.96. The van der Waals surface area contributed by atoms with Gasteiger partial charge in [-0.3, -0.25) is 0 Å². The normalized spacial score (nSPS) is 13.3. The Kier molecular flexibility index (Phi) is 6.10. The third-order valence-corrected chi connectivity index (χ3v) is 10.0. The third kappa shape index (κ3) is 4.36. The summed E-state index contributed by atoms with van der Waals surface area (Å²) in [5.41, 5.74) is 16.7. The predicted octanol–water partition coefficient (Wildman–Crippen LogP) is 10.9. The minimum absolute atomic E-state index is 0.114. The van der Waals surface area contributed by atoms with E-state index in [9.17, 15) is 0 Å². The van der Waals surface area contributed by atoms with Crippen molar-refractivity contribution in [3.63, 3.8) is 0 Å². The SMILES string of the molecule is CCn1c(-c2ccc(-c3ccc4c(c3)C(C)(C)c3cc(-c5ccc(-c6nc7ccccc7[nH]6)cc5)ccc3-4)cc2)nc2ccccc21. The molecule has 0 fully saturated rings. The van der Waals surface area contributed by atoms with Gasteiger partial charge in [0.1, 0.15) is 11.6 Å². The van der Waals surface area contributed by atoms with Gasteiger partial charge in [0.25, 0.3) is 0 Å². The lowest BCUT2D eigenvalue weighted by molar-refractivity contribution is 0.661. The highest BCUT2D eigenvalue weighted by molar-refractivity contribution is 5.87. The summed E-state index contributed by atoms with van der Waals surface area (Å²) in [6.45, 7) is 7.77. The Balaban J connectivity index is 1.01. The first-order chi connectivity index (χ1) is 23.0. The van der Waals surface area contributed by atoms with E-state index in [4.69, 9.17) is 9.97 Å². The molecule has 0 spiro atoms. The fourth-order valence-corrected chi connectivity index (χ4v) is 7.43. The molecule has 4 heteroatoms. The summed E-state index contributed by atoms with van der Waals surface area (Å²) >= 11 is 0. The lowest BCUT2D eigenvalue weighted by atomic mass is 9.81. The average molecular weight is 607 g/mol. The number of H-pyrrole nitrogens is 1. The summed E-state index contributed by atoms with van der Waals surface area (Å²) in [5.74, 6) is 1.92. The molecule has 8 aromatic rings. The van der Waals surface area contributed by atoms with Crippen molar-refractivity contribution in [1.29, 1.82) is 0 Å². The van der Waals surface area contributed by atoms with Crippen LogP contribution >= 0.6 is 0 Å². The van der Waals surface area contributed by atoms with Gasteiger partial charge in [0.2, 0.25) is 0 Å². The van der Waals surface area contributed by atoms with Crippen LogP contribution < -0.4 is 0 Å². The minimum atomic E-state index is -0.114. The van der Waals surface area contributed by atoms with E-state index < -0.39 is 0 Å². The lowest BCUT2D eigenvalue weighted by Crippen LogP contribution is -2.15. The number of nitrogens with zero attached hydrogens (tertiary/aromatic N) is 3. The van der Waals surface area contributed by atoms with E-state index >= 15 is 0 Å². The number of para-hydroxylation sites is 4. The fourth-order valence-electron chi connectivity index (χ4n) is 7.43. The van der Waals surface area contributed by atoms with Crippen molar-refractivity contribution in [3.05, 3.63) is 145 Å². The van der Waals surface area contributed by atoms with Gasteiger partial charge < -0.3 is 9.55 Å². The molecule has 0 aliphatic heterocycles. The van der Waals surface area contributed by atoms with E-state index in [0.29, 0.717) is 0 Å². The van der Waals surface area contributed by atoms with E-state index in [1.54, 1.807) is 0 Å². The van der Waals surface area contributed by atoms with Crippen LogP contribution in [0.25, 0.3) is 78.2 Å². The average Bonchev–Trinajstić information content (AvgIpc) is 3.79. The first kappa shape index (κ1) is 27.6. The number of aromatic nitrogens is 4. The van der Waals surface area contributed by atoms with Gasteiger partial charge >= 0.3 is 0 Å². The van der Waals surface area contributed by atoms with E-state index in [2.05, 4.69) is 146 Å². The van der Waals surface area contributed by atoms with Gasteiger partial charge in [0.15, 0.2) is 0 Å². The highest BCUT2D eigenvalue weighted by Crippen LogP contribution is 2.50. The molecule has 0 saturated heterocycles. The monoisotopic (exact) mass is 606 g/mol. The van der Waals surface area contributed by atoms with Crippen molar-refractivity contribution in [2.45, 2.75) is 32.7 Å². The van der Waals surface area contributed by atoms with E-state index in [0.717, 1.165) is 45.9 Å². The van der Waals surface area contributed by atoms with Crippen molar-refractivity contribution < 1.29 is 0 Å². The molecule has 2 aromatic heterocycles. The van der Waals surface area contributed by atoms with Crippen LogP contribution in [0.1, 0.15) is 31.9 Å². The van der Waals surface area contributed by atoms with Crippen LogP contribution in [0, 0.1) is 0 Å². The Hall–Kier alpha value is -5.74. The van der Waals surface area contributed by atoms with Gasteiger partial charge in [-0.05, 0) is 87.8 Å². The molecule has 1 aliphatic rings. The molecule has 1 N–H and O–H groups in total. The second kappa shape index (κ2) is 10.4. The van der Waals surface area contributed by atoms with Crippen LogP contribution in [0.5, 0.6) is 0 Å². The van der Waals surface area contributed by atoms with Crippen molar-refractivity contribution in [3.8, 4) is 56.2 Å². The summed E-state index contributed by atoms with van der Waals surface area (Å²) in [5, 5.41) is 0. The molecular weight excluding hydrogens is 573 g/mol. The highest BCUT2D eigenvalue weighted by atomic mass is 15.1. The number of benzene rings is 6. The van der Waals surface area contributed by atoms with E-state index in [-0.39, 0.29) is 5.41 Å². The first-order valence-corrected chi connectivity index (χ1v) is 16.4. The molecule has 4 nitrogen and oxygen atoms in total. The first-order valence-electron chi connectivity index (χ1n) is 16.4. The molecule has 47 heavy (non-hydrogen) atoms. The Morgan fingerprint density at radius 2 is 1.09 bits per heavy atom. The Morgan fingerprint density at radius 3 is 1.70 bits per heavy atom. The van der Waals surface area contributed by atoms with Crippen LogP contribution in [-0.2, 0) is 12.0 Å². The van der Waals surface area contributed by atoms with E-state index in [1.165, 1.54) is 50.0 Å². The molecule has 226 valence electrons. The molecule has 6 aromatic carbocycles. The molecule has 0 amide bonds. The maximum Gasteiger partial charge on any atom is 0.141 e. The molecule has 0 saturated carbocycles. The molecule has 9 rings (SSSR count). The number of rotatable bonds is 5. The lowest BCUT2D eigenvalue weighted by Gasteiger charge is -2.22. The van der Waals surface area contributed by atoms with Crippen molar-refractivity contribution >= 4 is 22.1 Å². The number of hydrogen-bond donors (Lipinski definition) is 1. The zero-order valence-corrected chi connectivity index (χ0v) is 26.8. The number of hydrogen-bond acceptors (Lipinski definition) is 2. The van der Waals surface area contributed by atoms with Gasteiger partial charge in [-0.15, -0.1) is 0 Å².